The molecule has 0 aliphatic rings. The molecule has 0 bridgehead atoms. The van der Waals surface area contributed by atoms with E-state index in [2.05, 4.69) is 20.6 Å². The van der Waals surface area contributed by atoms with Gasteiger partial charge >= 0.3 is 0 Å². The van der Waals surface area contributed by atoms with Crippen molar-refractivity contribution in [1.29, 1.82) is 0 Å². The number of alkyl halides is 1. The predicted octanol–water partition coefficient (Wildman–Crippen LogP) is 3.96. The number of aromatic nitrogens is 4. The Morgan fingerprint density at radius 1 is 1.17 bits per heavy atom. The summed E-state index contributed by atoms with van der Waals surface area (Å²) < 4.78 is 21.3. The van der Waals surface area contributed by atoms with Crippen LogP contribution < -0.4 is 16.8 Å². The fraction of sp³-hybridized carbons (Fsp3) is 0.458. The zero-order valence-corrected chi connectivity index (χ0v) is 21.0. The van der Waals surface area contributed by atoms with Crippen LogP contribution in [0.5, 0.6) is 0 Å². The van der Waals surface area contributed by atoms with Crippen molar-refractivity contribution in [2.75, 3.05) is 11.1 Å². The van der Waals surface area contributed by atoms with E-state index < -0.39 is 22.9 Å². The van der Waals surface area contributed by atoms with Crippen LogP contribution in [0.1, 0.15) is 82.1 Å². The molecule has 10 nitrogen and oxygen atoms in total. The molecule has 2 amide bonds. The highest BCUT2D eigenvalue weighted by molar-refractivity contribution is 6.03. The maximum Gasteiger partial charge on any atom is 0.254 e. The average Bonchev–Trinajstić information content (AvgIpc) is 3.37. The summed E-state index contributed by atoms with van der Waals surface area (Å²) in [6.45, 7) is 11.8. The second-order valence-corrected chi connectivity index (χ2v) is 9.87. The van der Waals surface area contributed by atoms with Crippen LogP contribution in [-0.2, 0) is 10.2 Å². The molecule has 0 spiro atoms. The topological polar surface area (TPSA) is 155 Å². The highest BCUT2D eigenvalue weighted by atomic mass is 19.1. The number of pyridine rings is 1. The quantitative estimate of drug-likeness (QED) is 0.436. The molecule has 0 aromatic carbocycles. The van der Waals surface area contributed by atoms with Gasteiger partial charge in [0.05, 0.1) is 17.0 Å². The van der Waals surface area contributed by atoms with E-state index in [-0.39, 0.29) is 34.8 Å². The van der Waals surface area contributed by atoms with Gasteiger partial charge in [0.25, 0.3) is 5.91 Å². The molecule has 0 aliphatic heterocycles. The summed E-state index contributed by atoms with van der Waals surface area (Å²) >= 11 is 0. The van der Waals surface area contributed by atoms with E-state index in [1.165, 1.54) is 30.8 Å². The molecule has 3 aromatic rings. The van der Waals surface area contributed by atoms with Crippen molar-refractivity contribution >= 4 is 23.5 Å². The van der Waals surface area contributed by atoms with E-state index in [4.69, 9.17) is 16.0 Å². The number of primary amides is 1. The molecule has 3 aromatic heterocycles. The summed E-state index contributed by atoms with van der Waals surface area (Å²) in [7, 11) is 0. The number of hydrogen-bond acceptors (Lipinski definition) is 7. The molecule has 188 valence electrons. The highest BCUT2D eigenvalue weighted by Gasteiger charge is 2.42. The van der Waals surface area contributed by atoms with Crippen LogP contribution in [0.25, 0.3) is 11.4 Å². The zero-order chi connectivity index (χ0) is 26.3. The summed E-state index contributed by atoms with van der Waals surface area (Å²) in [5, 5.41) is 11.0. The number of nitrogens with zero attached hydrogens (tertiary/aromatic N) is 4. The van der Waals surface area contributed by atoms with Crippen molar-refractivity contribution in [3.05, 3.63) is 41.3 Å². The number of nitrogens with two attached hydrogens (primary N) is 2. The van der Waals surface area contributed by atoms with Gasteiger partial charge in [-0.1, -0.05) is 11.2 Å². The summed E-state index contributed by atoms with van der Waals surface area (Å²) in [5.74, 6) is -0.940. The molecule has 3 heterocycles. The fourth-order valence-corrected chi connectivity index (χ4v) is 3.37. The van der Waals surface area contributed by atoms with Crippen LogP contribution in [0.15, 0.2) is 28.9 Å². The number of amides is 2. The third-order valence-corrected chi connectivity index (χ3v) is 6.47. The van der Waals surface area contributed by atoms with E-state index in [0.29, 0.717) is 17.0 Å². The zero-order valence-electron chi connectivity index (χ0n) is 21.0. The summed E-state index contributed by atoms with van der Waals surface area (Å²) in [4.78, 5) is 29.2. The Morgan fingerprint density at radius 3 is 2.34 bits per heavy atom. The Hall–Kier alpha value is -3.76. The maximum atomic E-state index is 14.5. The third-order valence-electron chi connectivity index (χ3n) is 6.47. The average molecular weight is 486 g/mol. The third kappa shape index (κ3) is 4.89. The van der Waals surface area contributed by atoms with Gasteiger partial charge in [0, 0.05) is 18.3 Å². The van der Waals surface area contributed by atoms with Crippen LogP contribution in [0.2, 0.25) is 0 Å². The van der Waals surface area contributed by atoms with Crippen molar-refractivity contribution in [1.82, 2.24) is 19.9 Å². The van der Waals surface area contributed by atoms with Crippen molar-refractivity contribution in [2.45, 2.75) is 71.5 Å². The summed E-state index contributed by atoms with van der Waals surface area (Å²) in [6.07, 6.45) is 1.53. The molecule has 35 heavy (non-hydrogen) atoms. The van der Waals surface area contributed by atoms with Gasteiger partial charge in [-0.3, -0.25) is 14.6 Å². The van der Waals surface area contributed by atoms with E-state index in [9.17, 15) is 14.0 Å². The van der Waals surface area contributed by atoms with Crippen molar-refractivity contribution < 1.29 is 18.5 Å². The Balaban J connectivity index is 1.79. The number of carbonyl (C=O) groups excluding carboxylic acids is 2. The molecule has 0 fully saturated rings. The minimum absolute atomic E-state index is 0.0801. The van der Waals surface area contributed by atoms with Gasteiger partial charge in [0.1, 0.15) is 28.5 Å². The first-order valence-electron chi connectivity index (χ1n) is 11.3. The van der Waals surface area contributed by atoms with Gasteiger partial charge < -0.3 is 21.3 Å². The van der Waals surface area contributed by atoms with Crippen LogP contribution in [0.4, 0.5) is 16.0 Å². The van der Waals surface area contributed by atoms with Crippen molar-refractivity contribution in [2.24, 2.45) is 5.73 Å². The first-order valence-corrected chi connectivity index (χ1v) is 11.3. The Bertz CT molecular complexity index is 1240. The maximum absolute atomic E-state index is 14.5. The summed E-state index contributed by atoms with van der Waals surface area (Å²) in [5.41, 5.74) is 10.5. The monoisotopic (exact) mass is 485 g/mol. The van der Waals surface area contributed by atoms with E-state index in [0.717, 1.165) is 0 Å². The number of nitrogens with one attached hydrogen (secondary N) is 1. The van der Waals surface area contributed by atoms with Gasteiger partial charge in [-0.25, -0.2) is 9.07 Å². The number of hydrogen-bond donors (Lipinski definition) is 3. The number of halogens is 1. The second kappa shape index (κ2) is 9.12. The molecule has 0 saturated carbocycles. The van der Waals surface area contributed by atoms with Crippen molar-refractivity contribution in [3.63, 3.8) is 0 Å². The fourth-order valence-electron chi connectivity index (χ4n) is 3.37. The number of rotatable bonds is 8. The number of anilines is 2. The first kappa shape index (κ1) is 25.9. The smallest absolute Gasteiger partial charge is 0.254 e. The van der Waals surface area contributed by atoms with Gasteiger partial charge in [-0.2, -0.15) is 5.10 Å². The lowest BCUT2D eigenvalue weighted by atomic mass is 9.76. The first-order chi connectivity index (χ1) is 16.1. The molecule has 3 rings (SSSR count). The van der Waals surface area contributed by atoms with Gasteiger partial charge in [0.2, 0.25) is 5.91 Å². The van der Waals surface area contributed by atoms with E-state index >= 15 is 0 Å². The molecule has 1 unspecified atom stereocenters. The van der Waals surface area contributed by atoms with Crippen LogP contribution in [0, 0.1) is 0 Å². The molecule has 0 radical (unpaired) electrons. The molecule has 5 N–H and O–H groups in total. The highest BCUT2D eigenvalue weighted by Crippen LogP contribution is 2.38. The van der Waals surface area contributed by atoms with Crippen LogP contribution in [-0.4, -0.2) is 37.4 Å². The minimum atomic E-state index is -1.56. The van der Waals surface area contributed by atoms with Crippen LogP contribution >= 0.6 is 0 Å². The molecule has 0 saturated heterocycles. The normalized spacial score (nSPS) is 13.2. The largest absolute Gasteiger partial charge is 0.383 e. The van der Waals surface area contributed by atoms with Crippen molar-refractivity contribution in [3.8, 4) is 11.4 Å². The Morgan fingerprint density at radius 2 is 1.83 bits per heavy atom. The Labute approximate surface area is 203 Å². The molecule has 11 heteroatoms. The lowest BCUT2D eigenvalue weighted by Gasteiger charge is -2.32. The second-order valence-electron chi connectivity index (χ2n) is 9.87. The number of carbonyl (C=O) groups is 2. The van der Waals surface area contributed by atoms with Gasteiger partial charge in [0.15, 0.2) is 5.82 Å². The predicted molar refractivity (Wildman–Crippen MR) is 131 cm³/mol. The molecule has 0 aliphatic carbocycles. The van der Waals surface area contributed by atoms with E-state index in [1.807, 2.05) is 13.8 Å². The minimum Gasteiger partial charge on any atom is -0.383 e. The standard InChI is InChI=1S/C24H32FN7O3/c1-12(2)32-20(26)18(21(27)33)19(30-32)15-9-8-14(11-28-15)13(3)22(34)29-17-10-16(35-31-17)23(4,5)24(6,7)25/h8-13H,26H2,1-7H3,(H2,27,33)(H,29,31,34). The Kier molecular flexibility index (Phi) is 6.74. The SMILES string of the molecule is CC(C(=O)Nc1cc(C(C)(C)C(C)(C)F)on1)c1ccc(-c2nn(C(C)C)c(N)c2C(N)=O)nc1. The number of nitrogen functional groups attached to an aromatic ring is 1. The van der Waals surface area contributed by atoms with Gasteiger partial charge in [-0.15, -0.1) is 0 Å². The molecular formula is C24H32FN7O3. The summed E-state index contributed by atoms with van der Waals surface area (Å²) in [6, 6.07) is 4.81. The lowest BCUT2D eigenvalue weighted by molar-refractivity contribution is -0.117. The van der Waals surface area contributed by atoms with Crippen LogP contribution in [0.3, 0.4) is 0 Å². The van der Waals surface area contributed by atoms with E-state index in [1.54, 1.807) is 32.9 Å². The molecular weight excluding hydrogens is 453 g/mol. The van der Waals surface area contributed by atoms with Gasteiger partial charge in [-0.05, 0) is 60.1 Å². The molecule has 1 atom stereocenters. The lowest BCUT2D eigenvalue weighted by Crippen LogP contribution is -2.38.